The fraction of sp³-hybridized carbons (Fsp3) is 0.111. The van der Waals surface area contributed by atoms with Crippen LogP contribution in [0.4, 0.5) is 11.4 Å². The van der Waals surface area contributed by atoms with Gasteiger partial charge in [-0.15, -0.1) is 18.3 Å². The van der Waals surface area contributed by atoms with Crippen LogP contribution >= 0.6 is 54.5 Å². The predicted octanol–water partition coefficient (Wildman–Crippen LogP) is 5.68. The molecule has 0 heterocycles. The standard InChI is InChI=1S/C9H8BrN.C6H5BrIN.C3H4/c1-2-3-7-6-8(10)4-5-9(7)11;7-4-1-2-6(9)5(8)3-4;1-3-2/h4-6H,11H2,1H3;1-3H,9H2;1H,2H3. The van der Waals surface area contributed by atoms with Crippen LogP contribution in [0.2, 0.25) is 0 Å². The van der Waals surface area contributed by atoms with E-state index < -0.39 is 0 Å². The van der Waals surface area contributed by atoms with Crippen LogP contribution in [0.1, 0.15) is 19.4 Å². The minimum Gasteiger partial charge on any atom is -0.398 e. The van der Waals surface area contributed by atoms with Gasteiger partial charge in [-0.05, 0) is 72.8 Å². The average Bonchev–Trinajstić information content (AvgIpc) is 2.49. The first-order valence-electron chi connectivity index (χ1n) is 6.41. The number of rotatable bonds is 0. The van der Waals surface area contributed by atoms with Crippen LogP contribution < -0.4 is 11.5 Å². The molecule has 0 aliphatic carbocycles. The molecule has 0 saturated heterocycles. The molecular formula is C18H17Br2IN2. The number of benzene rings is 2. The van der Waals surface area contributed by atoms with E-state index in [1.165, 1.54) is 0 Å². The molecular weight excluding hydrogens is 531 g/mol. The maximum atomic E-state index is 5.65. The highest BCUT2D eigenvalue weighted by Gasteiger charge is 1.94. The van der Waals surface area contributed by atoms with Gasteiger partial charge in [0.15, 0.2) is 0 Å². The number of nitrogen functional groups attached to an aromatic ring is 2. The minimum atomic E-state index is 0.725. The van der Waals surface area contributed by atoms with Gasteiger partial charge in [0.05, 0.1) is 0 Å². The SMILES string of the molecule is C#CC.CC#Cc1cc(Br)ccc1N.Nc1ccc(Br)cc1I. The molecule has 0 radical (unpaired) electrons. The van der Waals surface area contributed by atoms with E-state index in [0.29, 0.717) is 0 Å². The lowest BCUT2D eigenvalue weighted by atomic mass is 10.2. The monoisotopic (exact) mass is 546 g/mol. The molecule has 2 aromatic rings. The third-order valence-corrected chi connectivity index (χ3v) is 4.16. The van der Waals surface area contributed by atoms with Gasteiger partial charge in [0.1, 0.15) is 0 Å². The summed E-state index contributed by atoms with van der Waals surface area (Å²) in [4.78, 5) is 0. The van der Waals surface area contributed by atoms with Gasteiger partial charge in [-0.2, -0.15) is 0 Å². The van der Waals surface area contributed by atoms with E-state index in [4.69, 9.17) is 11.5 Å². The van der Waals surface area contributed by atoms with Gasteiger partial charge in [0.2, 0.25) is 0 Å². The molecule has 0 aliphatic heterocycles. The third-order valence-electron chi connectivity index (χ3n) is 2.24. The average molecular weight is 548 g/mol. The molecule has 0 aromatic heterocycles. The molecule has 0 aliphatic rings. The van der Waals surface area contributed by atoms with Gasteiger partial charge >= 0.3 is 0 Å². The summed E-state index contributed by atoms with van der Waals surface area (Å²) in [6, 6.07) is 11.4. The first-order valence-corrected chi connectivity index (χ1v) is 9.07. The van der Waals surface area contributed by atoms with E-state index in [1.54, 1.807) is 13.8 Å². The van der Waals surface area contributed by atoms with E-state index in [1.807, 2.05) is 36.4 Å². The summed E-state index contributed by atoms with van der Waals surface area (Å²) in [7, 11) is 0. The van der Waals surface area contributed by atoms with E-state index >= 15 is 0 Å². The fourth-order valence-electron chi connectivity index (χ4n) is 1.27. The van der Waals surface area contributed by atoms with Gasteiger partial charge in [-0.25, -0.2) is 0 Å². The van der Waals surface area contributed by atoms with Crippen molar-refractivity contribution < 1.29 is 0 Å². The summed E-state index contributed by atoms with van der Waals surface area (Å²) < 4.78 is 3.16. The van der Waals surface area contributed by atoms with Crippen molar-refractivity contribution in [1.29, 1.82) is 0 Å². The molecule has 0 unspecified atom stereocenters. The van der Waals surface area contributed by atoms with E-state index in [-0.39, 0.29) is 0 Å². The molecule has 120 valence electrons. The first kappa shape index (κ1) is 21.9. The first-order chi connectivity index (χ1) is 10.8. The third kappa shape index (κ3) is 9.55. The fourth-order valence-corrected chi connectivity index (χ4v) is 2.94. The van der Waals surface area contributed by atoms with Crippen molar-refractivity contribution in [1.82, 2.24) is 0 Å². The van der Waals surface area contributed by atoms with Gasteiger partial charge in [-0.1, -0.05) is 37.8 Å². The molecule has 23 heavy (non-hydrogen) atoms. The number of hydrogen-bond acceptors (Lipinski definition) is 2. The van der Waals surface area contributed by atoms with Crippen LogP contribution in [-0.4, -0.2) is 0 Å². The lowest BCUT2D eigenvalue weighted by molar-refractivity contribution is 1.59. The maximum Gasteiger partial charge on any atom is 0.0485 e. The van der Waals surface area contributed by atoms with Crippen LogP contribution in [0.5, 0.6) is 0 Å². The number of terminal acetylenes is 1. The largest absolute Gasteiger partial charge is 0.398 e. The van der Waals surface area contributed by atoms with Gasteiger partial charge in [0, 0.05) is 29.5 Å². The van der Waals surface area contributed by atoms with Crippen LogP contribution in [0.15, 0.2) is 45.3 Å². The second-order valence-electron chi connectivity index (χ2n) is 4.06. The molecule has 0 amide bonds. The molecule has 2 nitrogen and oxygen atoms in total. The van der Waals surface area contributed by atoms with Crippen molar-refractivity contribution in [2.24, 2.45) is 0 Å². The predicted molar refractivity (Wildman–Crippen MR) is 117 cm³/mol. The molecule has 5 heteroatoms. The molecule has 0 bridgehead atoms. The van der Waals surface area contributed by atoms with Crippen molar-refractivity contribution in [2.45, 2.75) is 13.8 Å². The normalized spacial score (nSPS) is 8.17. The van der Waals surface area contributed by atoms with E-state index in [2.05, 4.69) is 78.6 Å². The number of anilines is 2. The van der Waals surface area contributed by atoms with Crippen LogP contribution in [0, 0.1) is 27.8 Å². The maximum absolute atomic E-state index is 5.65. The summed E-state index contributed by atoms with van der Waals surface area (Å²) in [5.41, 5.74) is 13.6. The number of halogens is 3. The van der Waals surface area contributed by atoms with Gasteiger partial charge in [0.25, 0.3) is 0 Å². The quantitative estimate of drug-likeness (QED) is 0.253. The molecule has 0 saturated carbocycles. The smallest absolute Gasteiger partial charge is 0.0485 e. The Morgan fingerprint density at radius 1 is 0.957 bits per heavy atom. The minimum absolute atomic E-state index is 0.725. The highest BCUT2D eigenvalue weighted by Crippen LogP contribution is 2.19. The van der Waals surface area contributed by atoms with Crippen molar-refractivity contribution >= 4 is 65.8 Å². The zero-order valence-electron chi connectivity index (χ0n) is 12.8. The van der Waals surface area contributed by atoms with Crippen LogP contribution in [-0.2, 0) is 0 Å². The Morgan fingerprint density at radius 2 is 1.43 bits per heavy atom. The Labute approximate surface area is 168 Å². The van der Waals surface area contributed by atoms with Crippen LogP contribution in [0.25, 0.3) is 0 Å². The summed E-state index contributed by atoms with van der Waals surface area (Å²) in [6.45, 7) is 3.44. The topological polar surface area (TPSA) is 52.0 Å². The van der Waals surface area contributed by atoms with E-state index in [0.717, 1.165) is 29.5 Å². The van der Waals surface area contributed by atoms with Crippen molar-refractivity contribution in [3.05, 3.63) is 54.5 Å². The Bertz CT molecular complexity index is 741. The molecule has 0 atom stereocenters. The van der Waals surface area contributed by atoms with Crippen molar-refractivity contribution in [3.8, 4) is 24.2 Å². The Kier molecular flexibility index (Phi) is 11.7. The van der Waals surface area contributed by atoms with Crippen molar-refractivity contribution in [3.63, 3.8) is 0 Å². The highest BCUT2D eigenvalue weighted by molar-refractivity contribution is 14.1. The second-order valence-corrected chi connectivity index (χ2v) is 7.05. The molecule has 0 fully saturated rings. The summed E-state index contributed by atoms with van der Waals surface area (Å²) in [5.74, 6) is 7.96. The highest BCUT2D eigenvalue weighted by atomic mass is 127. The summed E-state index contributed by atoms with van der Waals surface area (Å²) >= 11 is 8.87. The second kappa shape index (κ2) is 12.3. The van der Waals surface area contributed by atoms with Gasteiger partial charge < -0.3 is 11.5 Å². The Morgan fingerprint density at radius 3 is 1.87 bits per heavy atom. The lowest BCUT2D eigenvalue weighted by Gasteiger charge is -1.97. The van der Waals surface area contributed by atoms with Crippen LogP contribution in [0.3, 0.4) is 0 Å². The van der Waals surface area contributed by atoms with Crippen molar-refractivity contribution in [2.75, 3.05) is 11.5 Å². The Hall–Kier alpha value is -1.15. The summed E-state index contributed by atoms with van der Waals surface area (Å²) in [6.07, 6.45) is 4.60. The van der Waals surface area contributed by atoms with E-state index in [9.17, 15) is 0 Å². The molecule has 0 spiro atoms. The number of nitrogens with two attached hydrogens (primary N) is 2. The van der Waals surface area contributed by atoms with Gasteiger partial charge in [-0.3, -0.25) is 0 Å². The molecule has 4 N–H and O–H groups in total. The lowest BCUT2D eigenvalue weighted by Crippen LogP contribution is -1.88. The molecule has 2 aromatic carbocycles. The summed E-state index contributed by atoms with van der Waals surface area (Å²) in [5, 5.41) is 0. The number of hydrogen-bond donors (Lipinski definition) is 2. The zero-order chi connectivity index (χ0) is 17.8. The zero-order valence-corrected chi connectivity index (χ0v) is 18.2. The molecule has 2 rings (SSSR count). The Balaban J connectivity index is 0.000000365.